The summed E-state index contributed by atoms with van der Waals surface area (Å²) >= 11 is 12.1. The van der Waals surface area contributed by atoms with Crippen LogP contribution in [0.4, 0.5) is 0 Å². The van der Waals surface area contributed by atoms with Crippen molar-refractivity contribution in [3.05, 3.63) is 45.2 Å². The second-order valence-electron chi connectivity index (χ2n) is 6.80. The van der Waals surface area contributed by atoms with Crippen LogP contribution >= 0.6 is 35.6 Å². The van der Waals surface area contributed by atoms with Gasteiger partial charge in [0.15, 0.2) is 0 Å². The number of aryl methyl sites for hydroxylation is 1. The molecule has 1 N–H and O–H groups in total. The highest BCUT2D eigenvalue weighted by atomic mass is 35.5. The van der Waals surface area contributed by atoms with E-state index < -0.39 is 0 Å². The molecule has 8 heteroatoms. The summed E-state index contributed by atoms with van der Waals surface area (Å²) in [4.78, 5) is 14.8. The van der Waals surface area contributed by atoms with Gasteiger partial charge >= 0.3 is 0 Å². The van der Waals surface area contributed by atoms with Crippen LogP contribution in [0.15, 0.2) is 18.2 Å². The number of aromatic nitrogens is 2. The lowest BCUT2D eigenvalue weighted by molar-refractivity contribution is -0.131. The van der Waals surface area contributed by atoms with Crippen LogP contribution in [0.1, 0.15) is 29.8 Å². The highest BCUT2D eigenvalue weighted by molar-refractivity contribution is 6.42. The molecule has 27 heavy (non-hydrogen) atoms. The molecule has 0 saturated carbocycles. The van der Waals surface area contributed by atoms with Crippen LogP contribution in [0.3, 0.4) is 0 Å². The van der Waals surface area contributed by atoms with Gasteiger partial charge in [-0.15, -0.1) is 12.4 Å². The number of carbonyl (C=O) groups excluding carboxylic acids is 1. The van der Waals surface area contributed by atoms with Crippen LogP contribution < -0.4 is 5.32 Å². The number of rotatable bonds is 4. The first-order valence-corrected chi connectivity index (χ1v) is 9.62. The Kier molecular flexibility index (Phi) is 7.57. The predicted octanol–water partition coefficient (Wildman–Crippen LogP) is 3.97. The smallest absolute Gasteiger partial charge is 0.227 e. The van der Waals surface area contributed by atoms with Gasteiger partial charge in [0.25, 0.3) is 0 Å². The van der Waals surface area contributed by atoms with Gasteiger partial charge < -0.3 is 10.2 Å². The van der Waals surface area contributed by atoms with Crippen molar-refractivity contribution in [2.75, 3.05) is 20.1 Å². The molecule has 0 radical (unpaired) electrons. The maximum atomic E-state index is 12.8. The molecule has 1 aromatic heterocycles. The Morgan fingerprint density at radius 3 is 2.70 bits per heavy atom. The van der Waals surface area contributed by atoms with Gasteiger partial charge in [-0.1, -0.05) is 23.2 Å². The molecule has 5 nitrogen and oxygen atoms in total. The zero-order chi connectivity index (χ0) is 18.8. The zero-order valence-corrected chi connectivity index (χ0v) is 18.1. The molecule has 0 aliphatic carbocycles. The van der Waals surface area contributed by atoms with Crippen LogP contribution in [0.25, 0.3) is 5.69 Å². The molecule has 0 bridgehead atoms. The van der Waals surface area contributed by atoms with Crippen LogP contribution in [0.5, 0.6) is 0 Å². The molecular weight excluding hydrogens is 407 g/mol. The molecule has 1 atom stereocenters. The average molecular weight is 432 g/mol. The summed E-state index contributed by atoms with van der Waals surface area (Å²) in [5, 5.41) is 8.89. The van der Waals surface area contributed by atoms with Gasteiger partial charge in [0, 0.05) is 30.4 Å². The normalized spacial score (nSPS) is 16.9. The molecule has 1 fully saturated rings. The summed E-state index contributed by atoms with van der Waals surface area (Å²) in [6, 6.07) is 5.80. The Morgan fingerprint density at radius 1 is 1.30 bits per heavy atom. The summed E-state index contributed by atoms with van der Waals surface area (Å²) in [5.74, 6) is 0.157. The Hall–Kier alpha value is -1.27. The Balaban J connectivity index is 0.00000261. The van der Waals surface area contributed by atoms with E-state index in [0.717, 1.165) is 48.6 Å². The van der Waals surface area contributed by atoms with Crippen LogP contribution in [0.2, 0.25) is 10.0 Å². The third-order valence-electron chi connectivity index (χ3n) is 5.10. The molecule has 3 rings (SSSR count). The molecule has 1 saturated heterocycles. The molecule has 148 valence electrons. The topological polar surface area (TPSA) is 50.2 Å². The molecule has 1 unspecified atom stereocenters. The van der Waals surface area contributed by atoms with Gasteiger partial charge in [-0.05, 0) is 51.9 Å². The number of nitrogens with zero attached hydrogens (tertiary/aromatic N) is 3. The van der Waals surface area contributed by atoms with Crippen molar-refractivity contribution in [2.24, 2.45) is 0 Å². The third-order valence-corrected chi connectivity index (χ3v) is 5.84. The van der Waals surface area contributed by atoms with Crippen LogP contribution in [-0.2, 0) is 11.2 Å². The van der Waals surface area contributed by atoms with Crippen molar-refractivity contribution in [1.82, 2.24) is 20.0 Å². The van der Waals surface area contributed by atoms with E-state index in [-0.39, 0.29) is 18.3 Å². The summed E-state index contributed by atoms with van der Waals surface area (Å²) in [5.41, 5.74) is 3.64. The number of likely N-dealkylation sites (N-methyl/N-ethyl adjacent to an activating group) is 1. The number of benzene rings is 1. The number of amides is 1. The molecule has 2 heterocycles. The SMILES string of the molecule is CNC1CCCN(C(=O)Cc2c(C)nn(-c3ccc(Cl)c(Cl)c3)c2C)C1.Cl. The fourth-order valence-corrected chi connectivity index (χ4v) is 3.79. The summed E-state index contributed by atoms with van der Waals surface area (Å²) in [6.45, 7) is 5.53. The van der Waals surface area contributed by atoms with E-state index in [9.17, 15) is 4.79 Å². The number of likely N-dealkylation sites (tertiary alicyclic amines) is 1. The van der Waals surface area contributed by atoms with Crippen LogP contribution in [-0.4, -0.2) is 46.8 Å². The van der Waals surface area contributed by atoms with Crippen molar-refractivity contribution in [2.45, 2.75) is 39.2 Å². The van der Waals surface area contributed by atoms with E-state index in [1.165, 1.54) is 0 Å². The molecule has 0 spiro atoms. The van der Waals surface area contributed by atoms with E-state index in [0.29, 0.717) is 22.5 Å². The van der Waals surface area contributed by atoms with Crippen molar-refractivity contribution in [3.8, 4) is 5.69 Å². The Bertz CT molecular complexity index is 822. The van der Waals surface area contributed by atoms with E-state index in [1.807, 2.05) is 36.5 Å². The molecule has 1 aliphatic heterocycles. The fourth-order valence-electron chi connectivity index (χ4n) is 3.50. The summed E-state index contributed by atoms with van der Waals surface area (Å²) in [7, 11) is 1.95. The van der Waals surface area contributed by atoms with E-state index in [4.69, 9.17) is 23.2 Å². The first kappa shape index (κ1) is 22.0. The summed E-state index contributed by atoms with van der Waals surface area (Å²) in [6.07, 6.45) is 2.53. The Morgan fingerprint density at radius 2 is 2.04 bits per heavy atom. The van der Waals surface area contributed by atoms with Crippen LogP contribution in [0, 0.1) is 13.8 Å². The van der Waals surface area contributed by atoms with Gasteiger partial charge in [-0.3, -0.25) is 4.79 Å². The van der Waals surface area contributed by atoms with E-state index >= 15 is 0 Å². The molecule has 1 aliphatic rings. The largest absolute Gasteiger partial charge is 0.341 e. The quantitative estimate of drug-likeness (QED) is 0.797. The standard InChI is InChI=1S/C19H24Cl2N4O.ClH/c1-12-16(10-19(26)24-8-4-5-14(11-24)22-3)13(2)25(23-12)15-6-7-17(20)18(21)9-15;/h6-7,9,14,22H,4-5,8,10-11H2,1-3H3;1H. The lowest BCUT2D eigenvalue weighted by Gasteiger charge is -2.32. The Labute approximate surface area is 176 Å². The lowest BCUT2D eigenvalue weighted by Crippen LogP contribution is -2.47. The molecule has 1 aromatic carbocycles. The van der Waals surface area contributed by atoms with Gasteiger partial charge in [0.05, 0.1) is 27.8 Å². The minimum atomic E-state index is 0. The first-order chi connectivity index (χ1) is 12.4. The molecule has 2 aromatic rings. The molecular formula is C19H25Cl3N4O. The van der Waals surface area contributed by atoms with Gasteiger partial charge in [0.1, 0.15) is 0 Å². The number of piperidine rings is 1. The maximum Gasteiger partial charge on any atom is 0.227 e. The van der Waals surface area contributed by atoms with Crippen molar-refractivity contribution in [3.63, 3.8) is 0 Å². The fraction of sp³-hybridized carbons (Fsp3) is 0.474. The highest BCUT2D eigenvalue weighted by Gasteiger charge is 2.24. The number of hydrogen-bond donors (Lipinski definition) is 1. The number of hydrogen-bond acceptors (Lipinski definition) is 3. The van der Waals surface area contributed by atoms with E-state index in [2.05, 4.69) is 10.4 Å². The maximum absolute atomic E-state index is 12.8. The van der Waals surface area contributed by atoms with Gasteiger partial charge in [-0.2, -0.15) is 5.10 Å². The second-order valence-corrected chi connectivity index (χ2v) is 7.62. The highest BCUT2D eigenvalue weighted by Crippen LogP contribution is 2.26. The number of halogens is 3. The van der Waals surface area contributed by atoms with Gasteiger partial charge in [-0.25, -0.2) is 4.68 Å². The minimum Gasteiger partial charge on any atom is -0.341 e. The van der Waals surface area contributed by atoms with Crippen molar-refractivity contribution < 1.29 is 4.79 Å². The monoisotopic (exact) mass is 430 g/mol. The van der Waals surface area contributed by atoms with E-state index in [1.54, 1.807) is 12.1 Å². The number of carbonyl (C=O) groups is 1. The molecule has 1 amide bonds. The minimum absolute atomic E-state index is 0. The lowest BCUT2D eigenvalue weighted by atomic mass is 10.0. The van der Waals surface area contributed by atoms with Crippen molar-refractivity contribution in [1.29, 1.82) is 0 Å². The second kappa shape index (κ2) is 9.28. The predicted molar refractivity (Wildman–Crippen MR) is 113 cm³/mol. The van der Waals surface area contributed by atoms with Crippen molar-refractivity contribution >= 4 is 41.5 Å². The average Bonchev–Trinajstić information content (AvgIpc) is 2.92. The first-order valence-electron chi connectivity index (χ1n) is 8.86. The number of nitrogens with one attached hydrogen (secondary N) is 1. The zero-order valence-electron chi connectivity index (χ0n) is 15.8. The summed E-state index contributed by atoms with van der Waals surface area (Å²) < 4.78 is 1.83. The van der Waals surface area contributed by atoms with Gasteiger partial charge in [0.2, 0.25) is 5.91 Å². The third kappa shape index (κ3) is 4.77.